The summed E-state index contributed by atoms with van der Waals surface area (Å²) in [6.07, 6.45) is 3.92. The van der Waals surface area contributed by atoms with Gasteiger partial charge in [-0.3, -0.25) is 4.99 Å². The molecule has 0 radical (unpaired) electrons. The maximum absolute atomic E-state index is 13.3. The molecule has 2 N–H and O–H groups in total. The van der Waals surface area contributed by atoms with Gasteiger partial charge in [-0.15, -0.1) is 24.0 Å². The van der Waals surface area contributed by atoms with Gasteiger partial charge in [0.05, 0.1) is 19.8 Å². The zero-order valence-electron chi connectivity index (χ0n) is 16.5. The molecule has 1 unspecified atom stereocenters. The Morgan fingerprint density at radius 2 is 2.25 bits per heavy atom. The fourth-order valence-corrected chi connectivity index (χ4v) is 3.56. The molecule has 0 amide bonds. The minimum atomic E-state index is -0.218. The van der Waals surface area contributed by atoms with Crippen LogP contribution in [0.2, 0.25) is 0 Å². The summed E-state index contributed by atoms with van der Waals surface area (Å²) in [5.41, 5.74) is 2.02. The van der Waals surface area contributed by atoms with Crippen LogP contribution in [0.25, 0.3) is 10.9 Å². The minimum absolute atomic E-state index is 0. The van der Waals surface area contributed by atoms with Gasteiger partial charge in [0.25, 0.3) is 0 Å². The number of likely N-dealkylation sites (tertiary alicyclic amines) is 1. The van der Waals surface area contributed by atoms with Crippen molar-refractivity contribution >= 4 is 40.8 Å². The molecule has 0 saturated carbocycles. The smallest absolute Gasteiger partial charge is 0.193 e. The van der Waals surface area contributed by atoms with Gasteiger partial charge in [0.1, 0.15) is 5.82 Å². The normalized spacial score (nSPS) is 17.2. The number of rotatable bonds is 8. The Hall–Kier alpha value is -1.39. The molecular weight excluding hydrogens is 474 g/mol. The van der Waals surface area contributed by atoms with Gasteiger partial charge in [-0.2, -0.15) is 0 Å². The molecule has 2 aromatic rings. The molecule has 1 atom stereocenters. The second-order valence-corrected chi connectivity index (χ2v) is 6.90. The van der Waals surface area contributed by atoms with Crippen LogP contribution >= 0.6 is 24.0 Å². The van der Waals surface area contributed by atoms with E-state index >= 15 is 0 Å². The van der Waals surface area contributed by atoms with Crippen LogP contribution in [-0.4, -0.2) is 69.5 Å². The fourth-order valence-electron chi connectivity index (χ4n) is 3.56. The topological polar surface area (TPSA) is 61.9 Å². The van der Waals surface area contributed by atoms with Crippen LogP contribution in [0.15, 0.2) is 29.4 Å². The zero-order chi connectivity index (χ0) is 19.1. The van der Waals surface area contributed by atoms with E-state index in [2.05, 4.69) is 20.2 Å². The Morgan fingerprint density at radius 1 is 1.39 bits per heavy atom. The van der Waals surface area contributed by atoms with Crippen LogP contribution < -0.4 is 5.32 Å². The lowest BCUT2D eigenvalue weighted by atomic mass is 10.1. The van der Waals surface area contributed by atoms with Crippen molar-refractivity contribution in [2.45, 2.75) is 12.8 Å². The van der Waals surface area contributed by atoms with Crippen molar-refractivity contribution in [3.63, 3.8) is 0 Å². The number of nitrogens with zero attached hydrogens (tertiary/aromatic N) is 2. The minimum Gasteiger partial charge on any atom is -0.382 e. The summed E-state index contributed by atoms with van der Waals surface area (Å²) in [5.74, 6) is 1.24. The number of halogens is 2. The molecular formula is C20H30FIN4O2. The van der Waals surface area contributed by atoms with Crippen LogP contribution in [0.4, 0.5) is 4.39 Å². The van der Waals surface area contributed by atoms with Crippen LogP contribution in [0.5, 0.6) is 0 Å². The van der Waals surface area contributed by atoms with E-state index in [9.17, 15) is 4.39 Å². The summed E-state index contributed by atoms with van der Waals surface area (Å²) in [7, 11) is 3.50. The third kappa shape index (κ3) is 6.05. The molecule has 28 heavy (non-hydrogen) atoms. The highest BCUT2D eigenvalue weighted by Crippen LogP contribution is 2.20. The molecule has 0 bridgehead atoms. The van der Waals surface area contributed by atoms with Crippen molar-refractivity contribution in [1.82, 2.24) is 15.2 Å². The number of fused-ring (bicyclic) bond motifs is 1. The predicted octanol–water partition coefficient (Wildman–Crippen LogP) is 3.03. The van der Waals surface area contributed by atoms with E-state index < -0.39 is 0 Å². The summed E-state index contributed by atoms with van der Waals surface area (Å²) >= 11 is 0. The molecule has 1 aliphatic heterocycles. The number of H-pyrrole nitrogens is 1. The Bertz CT molecular complexity index is 768. The van der Waals surface area contributed by atoms with Gasteiger partial charge < -0.3 is 24.7 Å². The number of ether oxygens (including phenoxy) is 2. The third-order valence-electron chi connectivity index (χ3n) is 4.99. The van der Waals surface area contributed by atoms with Crippen LogP contribution in [0.3, 0.4) is 0 Å². The van der Waals surface area contributed by atoms with Gasteiger partial charge in [-0.05, 0) is 36.6 Å². The number of methoxy groups -OCH3 is 1. The summed E-state index contributed by atoms with van der Waals surface area (Å²) < 4.78 is 24.0. The Labute approximate surface area is 182 Å². The van der Waals surface area contributed by atoms with E-state index in [1.807, 2.05) is 19.3 Å². The van der Waals surface area contributed by atoms with Gasteiger partial charge in [0.2, 0.25) is 0 Å². The second-order valence-electron chi connectivity index (χ2n) is 6.90. The third-order valence-corrected chi connectivity index (χ3v) is 4.99. The standard InChI is InChI=1S/C20H29FN4O2.HI/c1-22-20(25-8-6-15(13-25)14-27-10-9-26-2)23-7-5-16-12-24-19-11-17(21)3-4-18(16)19;/h3-4,11-12,15,24H,5-10,13-14H2,1-2H3,(H,22,23);1H. The van der Waals surface area contributed by atoms with Crippen molar-refractivity contribution < 1.29 is 13.9 Å². The molecule has 0 aliphatic carbocycles. The van der Waals surface area contributed by atoms with Crippen molar-refractivity contribution in [2.75, 3.05) is 53.6 Å². The first-order chi connectivity index (χ1) is 13.2. The quantitative estimate of drug-likeness (QED) is 0.251. The maximum atomic E-state index is 13.3. The average molecular weight is 504 g/mol. The molecule has 1 aromatic carbocycles. The Kier molecular flexibility index (Phi) is 9.46. The zero-order valence-corrected chi connectivity index (χ0v) is 18.9. The van der Waals surface area contributed by atoms with Gasteiger partial charge in [0, 0.05) is 56.8 Å². The summed E-state index contributed by atoms with van der Waals surface area (Å²) in [6.45, 7) is 4.78. The summed E-state index contributed by atoms with van der Waals surface area (Å²) in [4.78, 5) is 9.85. The molecule has 1 saturated heterocycles. The van der Waals surface area contributed by atoms with E-state index in [0.717, 1.165) is 55.9 Å². The average Bonchev–Trinajstić information content (AvgIpc) is 3.29. The van der Waals surface area contributed by atoms with Crippen LogP contribution in [0, 0.1) is 11.7 Å². The number of aliphatic imine (C=N–C) groups is 1. The van der Waals surface area contributed by atoms with Crippen LogP contribution in [-0.2, 0) is 15.9 Å². The highest BCUT2D eigenvalue weighted by molar-refractivity contribution is 14.0. The molecule has 156 valence electrons. The molecule has 2 heterocycles. The Balaban J connectivity index is 0.00000280. The number of hydrogen-bond acceptors (Lipinski definition) is 3. The number of guanidine groups is 1. The lowest BCUT2D eigenvalue weighted by Gasteiger charge is -2.21. The van der Waals surface area contributed by atoms with E-state index in [1.54, 1.807) is 7.11 Å². The molecule has 0 spiro atoms. The number of nitrogens with one attached hydrogen (secondary N) is 2. The monoisotopic (exact) mass is 504 g/mol. The van der Waals surface area contributed by atoms with Crippen LogP contribution in [0.1, 0.15) is 12.0 Å². The lowest BCUT2D eigenvalue weighted by molar-refractivity contribution is 0.0536. The second kappa shape index (κ2) is 11.6. The van der Waals surface area contributed by atoms with Crippen molar-refractivity contribution in [1.29, 1.82) is 0 Å². The van der Waals surface area contributed by atoms with Gasteiger partial charge in [-0.1, -0.05) is 0 Å². The highest BCUT2D eigenvalue weighted by Gasteiger charge is 2.24. The number of aromatic nitrogens is 1. The molecule has 6 nitrogen and oxygen atoms in total. The van der Waals surface area contributed by atoms with Gasteiger partial charge in [0.15, 0.2) is 5.96 Å². The number of aromatic amines is 1. The first-order valence-corrected chi connectivity index (χ1v) is 9.49. The molecule has 8 heteroatoms. The van der Waals surface area contributed by atoms with E-state index in [1.165, 1.54) is 17.7 Å². The van der Waals surface area contributed by atoms with E-state index in [-0.39, 0.29) is 29.8 Å². The number of hydrogen-bond donors (Lipinski definition) is 2. The van der Waals surface area contributed by atoms with Gasteiger partial charge in [-0.25, -0.2) is 4.39 Å². The number of benzene rings is 1. The van der Waals surface area contributed by atoms with E-state index in [0.29, 0.717) is 19.1 Å². The highest BCUT2D eigenvalue weighted by atomic mass is 127. The summed E-state index contributed by atoms with van der Waals surface area (Å²) in [5, 5.41) is 4.52. The first kappa shape index (κ1) is 22.9. The first-order valence-electron chi connectivity index (χ1n) is 9.49. The molecule has 1 aliphatic rings. The maximum Gasteiger partial charge on any atom is 0.193 e. The fraction of sp³-hybridized carbons (Fsp3) is 0.550. The van der Waals surface area contributed by atoms with Gasteiger partial charge >= 0.3 is 0 Å². The lowest BCUT2D eigenvalue weighted by Crippen LogP contribution is -2.41. The molecule has 3 rings (SSSR count). The largest absolute Gasteiger partial charge is 0.382 e. The van der Waals surface area contributed by atoms with Crippen molar-refractivity contribution in [3.05, 3.63) is 35.8 Å². The molecule has 1 fully saturated rings. The van der Waals surface area contributed by atoms with Crippen molar-refractivity contribution in [3.8, 4) is 0 Å². The molecule has 1 aromatic heterocycles. The SMILES string of the molecule is CN=C(NCCc1c[nH]c2cc(F)ccc12)N1CCC(COCCOC)C1.I. The Morgan fingerprint density at radius 3 is 3.04 bits per heavy atom. The van der Waals surface area contributed by atoms with Crippen molar-refractivity contribution in [2.24, 2.45) is 10.9 Å². The summed E-state index contributed by atoms with van der Waals surface area (Å²) in [6, 6.07) is 4.87. The predicted molar refractivity (Wildman–Crippen MR) is 121 cm³/mol. The van der Waals surface area contributed by atoms with E-state index in [4.69, 9.17) is 9.47 Å².